The molecule has 2 aliphatic heterocycles. The van der Waals surface area contributed by atoms with Crippen molar-refractivity contribution in [1.82, 2.24) is 20.0 Å². The number of carbonyl (C=O) groups excluding carboxylic acids is 2. The standard InChI is InChI=1S/C21H27N5O2/c1-3-26-11-15(10-22-26)8-19(27)24-21-16-9-18(21)25(12-16)13-20(28)23-17-7-5-4-6-14(17)2/h4-7,10-11,16,18,21H,3,8-9,12-13H2,1-2H3,(H,23,28)(H,24,27). The molecule has 1 aliphatic carbocycles. The van der Waals surface area contributed by atoms with Gasteiger partial charge in [-0.2, -0.15) is 5.10 Å². The van der Waals surface area contributed by atoms with Gasteiger partial charge in [0.15, 0.2) is 0 Å². The third-order valence-corrected chi connectivity index (χ3v) is 5.87. The van der Waals surface area contributed by atoms with E-state index in [4.69, 9.17) is 0 Å². The van der Waals surface area contributed by atoms with E-state index in [-0.39, 0.29) is 23.9 Å². The normalized spacial score (nSPS) is 23.3. The Balaban J connectivity index is 1.27. The first-order chi connectivity index (χ1) is 13.5. The van der Waals surface area contributed by atoms with Gasteiger partial charge in [0.1, 0.15) is 0 Å². The van der Waals surface area contributed by atoms with Crippen LogP contribution < -0.4 is 10.6 Å². The molecule has 148 valence electrons. The summed E-state index contributed by atoms with van der Waals surface area (Å²) in [6.45, 7) is 6.04. The first-order valence-electron chi connectivity index (χ1n) is 9.93. The molecule has 3 aliphatic rings. The third kappa shape index (κ3) is 3.80. The molecule has 1 aromatic carbocycles. The molecule has 3 heterocycles. The number of amides is 2. The van der Waals surface area contributed by atoms with Crippen LogP contribution in [0.25, 0.3) is 0 Å². The highest BCUT2D eigenvalue weighted by molar-refractivity contribution is 5.93. The molecule has 2 bridgehead atoms. The predicted molar refractivity (Wildman–Crippen MR) is 107 cm³/mol. The molecule has 2 N–H and O–H groups in total. The summed E-state index contributed by atoms with van der Waals surface area (Å²) in [7, 11) is 0. The number of carbonyl (C=O) groups is 2. The second-order valence-electron chi connectivity index (χ2n) is 7.83. The fourth-order valence-electron chi connectivity index (χ4n) is 4.30. The number of para-hydroxylation sites is 1. The molecule has 5 rings (SSSR count). The maximum atomic E-state index is 12.4. The Morgan fingerprint density at radius 1 is 1.25 bits per heavy atom. The first kappa shape index (κ1) is 18.7. The molecular weight excluding hydrogens is 354 g/mol. The number of hydrogen-bond donors (Lipinski definition) is 2. The van der Waals surface area contributed by atoms with Crippen LogP contribution in [0.15, 0.2) is 36.7 Å². The van der Waals surface area contributed by atoms with E-state index < -0.39 is 0 Å². The van der Waals surface area contributed by atoms with Gasteiger partial charge in [-0.15, -0.1) is 0 Å². The summed E-state index contributed by atoms with van der Waals surface area (Å²) in [6, 6.07) is 8.19. The molecule has 1 aromatic heterocycles. The number of nitrogens with one attached hydrogen (secondary N) is 2. The Hall–Kier alpha value is -2.67. The van der Waals surface area contributed by atoms with Crippen molar-refractivity contribution in [2.24, 2.45) is 5.92 Å². The molecular formula is C21H27N5O2. The highest BCUT2D eigenvalue weighted by atomic mass is 16.2. The van der Waals surface area contributed by atoms with Gasteiger partial charge in [0.25, 0.3) is 0 Å². The molecule has 28 heavy (non-hydrogen) atoms. The molecule has 3 unspecified atom stereocenters. The number of anilines is 1. The van der Waals surface area contributed by atoms with Crippen LogP contribution >= 0.6 is 0 Å². The molecule has 7 nitrogen and oxygen atoms in total. The monoisotopic (exact) mass is 381 g/mol. The zero-order valence-electron chi connectivity index (χ0n) is 16.4. The average molecular weight is 381 g/mol. The van der Waals surface area contributed by atoms with Gasteiger partial charge in [-0.3, -0.25) is 19.2 Å². The van der Waals surface area contributed by atoms with E-state index in [1.54, 1.807) is 6.20 Å². The van der Waals surface area contributed by atoms with Gasteiger partial charge in [0, 0.05) is 37.1 Å². The van der Waals surface area contributed by atoms with Gasteiger partial charge in [0.2, 0.25) is 11.8 Å². The Kier molecular flexibility index (Phi) is 5.17. The van der Waals surface area contributed by atoms with Gasteiger partial charge in [-0.1, -0.05) is 18.2 Å². The summed E-state index contributed by atoms with van der Waals surface area (Å²) in [5.41, 5.74) is 2.84. The number of fused-ring (bicyclic) bond motifs is 1. The molecule has 2 saturated heterocycles. The van der Waals surface area contributed by atoms with Gasteiger partial charge in [-0.05, 0) is 43.4 Å². The van der Waals surface area contributed by atoms with Crippen LogP contribution in [0.1, 0.15) is 24.5 Å². The molecule has 1 saturated carbocycles. The van der Waals surface area contributed by atoms with E-state index in [1.165, 1.54) is 0 Å². The Morgan fingerprint density at radius 3 is 2.82 bits per heavy atom. The second kappa shape index (κ2) is 7.75. The highest BCUT2D eigenvalue weighted by Crippen LogP contribution is 2.40. The van der Waals surface area contributed by atoms with Crippen molar-refractivity contribution in [1.29, 1.82) is 0 Å². The lowest BCUT2D eigenvalue weighted by atomic mass is 9.80. The van der Waals surface area contributed by atoms with Crippen molar-refractivity contribution in [2.75, 3.05) is 18.4 Å². The van der Waals surface area contributed by atoms with Crippen LogP contribution in [0.4, 0.5) is 5.69 Å². The zero-order chi connectivity index (χ0) is 19.7. The van der Waals surface area contributed by atoms with Crippen molar-refractivity contribution in [3.05, 3.63) is 47.8 Å². The van der Waals surface area contributed by atoms with E-state index in [0.29, 0.717) is 18.9 Å². The summed E-state index contributed by atoms with van der Waals surface area (Å²) < 4.78 is 1.82. The van der Waals surface area contributed by atoms with Gasteiger partial charge in [0.05, 0.1) is 19.2 Å². The van der Waals surface area contributed by atoms with Crippen LogP contribution in [0, 0.1) is 12.8 Å². The molecule has 0 spiro atoms. The van der Waals surface area contributed by atoms with Crippen molar-refractivity contribution in [3.8, 4) is 0 Å². The zero-order valence-corrected chi connectivity index (χ0v) is 16.4. The van der Waals surface area contributed by atoms with Crippen molar-refractivity contribution < 1.29 is 9.59 Å². The fraction of sp³-hybridized carbons (Fsp3) is 0.476. The number of nitrogens with zero attached hydrogens (tertiary/aromatic N) is 3. The van der Waals surface area contributed by atoms with Gasteiger partial charge in [-0.25, -0.2) is 0 Å². The van der Waals surface area contributed by atoms with E-state index in [1.807, 2.05) is 49.0 Å². The molecule has 3 atom stereocenters. The van der Waals surface area contributed by atoms with Gasteiger partial charge >= 0.3 is 0 Å². The molecule has 2 aromatic rings. The molecule has 0 radical (unpaired) electrons. The lowest BCUT2D eigenvalue weighted by molar-refractivity contribution is -0.122. The van der Waals surface area contributed by atoms with Crippen LogP contribution in [0.5, 0.6) is 0 Å². The minimum atomic E-state index is -0.00101. The van der Waals surface area contributed by atoms with Crippen molar-refractivity contribution in [3.63, 3.8) is 0 Å². The Morgan fingerprint density at radius 2 is 2.07 bits per heavy atom. The summed E-state index contributed by atoms with van der Waals surface area (Å²) in [5, 5.41) is 10.4. The smallest absolute Gasteiger partial charge is 0.238 e. The topological polar surface area (TPSA) is 79.3 Å². The maximum absolute atomic E-state index is 12.4. The predicted octanol–water partition coefficient (Wildman–Crippen LogP) is 1.58. The highest BCUT2D eigenvalue weighted by Gasteiger charge is 2.52. The largest absolute Gasteiger partial charge is 0.351 e. The first-order valence-corrected chi connectivity index (χ1v) is 9.93. The third-order valence-electron chi connectivity index (χ3n) is 5.87. The van der Waals surface area contributed by atoms with E-state index in [9.17, 15) is 9.59 Å². The Bertz CT molecular complexity index is 877. The fourth-order valence-corrected chi connectivity index (χ4v) is 4.30. The summed E-state index contributed by atoms with van der Waals surface area (Å²) in [4.78, 5) is 27.0. The van der Waals surface area contributed by atoms with Gasteiger partial charge < -0.3 is 10.6 Å². The molecule has 3 fully saturated rings. The number of aryl methyl sites for hydroxylation is 2. The number of rotatable bonds is 7. The maximum Gasteiger partial charge on any atom is 0.238 e. The lowest BCUT2D eigenvalue weighted by Gasteiger charge is -2.37. The Labute approximate surface area is 165 Å². The number of benzene rings is 1. The summed E-state index contributed by atoms with van der Waals surface area (Å²) >= 11 is 0. The second-order valence-corrected chi connectivity index (χ2v) is 7.83. The van der Waals surface area contributed by atoms with Crippen LogP contribution in [0.2, 0.25) is 0 Å². The lowest BCUT2D eigenvalue weighted by Crippen LogP contribution is -2.55. The summed E-state index contributed by atoms with van der Waals surface area (Å²) in [6.07, 6.45) is 5.07. The van der Waals surface area contributed by atoms with E-state index in [2.05, 4.69) is 20.6 Å². The summed E-state index contributed by atoms with van der Waals surface area (Å²) in [5.74, 6) is 0.471. The van der Waals surface area contributed by atoms with Crippen molar-refractivity contribution >= 4 is 17.5 Å². The minimum Gasteiger partial charge on any atom is -0.351 e. The minimum absolute atomic E-state index is 0.00101. The van der Waals surface area contributed by atoms with Crippen LogP contribution in [0.3, 0.4) is 0 Å². The quantitative estimate of drug-likeness (QED) is 0.763. The number of aromatic nitrogens is 2. The van der Waals surface area contributed by atoms with Crippen molar-refractivity contribution in [2.45, 2.75) is 45.3 Å². The van der Waals surface area contributed by atoms with Crippen LogP contribution in [-0.2, 0) is 22.6 Å². The SMILES string of the molecule is CCn1cc(CC(=O)NC2C3CC2N(CC(=O)Nc2ccccc2C)C3)cn1. The molecule has 7 heteroatoms. The van der Waals surface area contributed by atoms with E-state index in [0.717, 1.165) is 36.3 Å². The molecule has 2 amide bonds. The number of hydrogen-bond acceptors (Lipinski definition) is 4. The average Bonchev–Trinajstić information content (AvgIpc) is 3.36. The van der Waals surface area contributed by atoms with E-state index >= 15 is 0 Å². The van der Waals surface area contributed by atoms with Crippen LogP contribution in [-0.4, -0.2) is 51.7 Å².